The topological polar surface area (TPSA) is 0 Å². The van der Waals surface area contributed by atoms with E-state index in [-0.39, 0.29) is 63.2 Å². The molecular weight excluding hydrogens is 256 g/mol. The molecule has 4 heavy (non-hydrogen) atoms. The minimum atomic E-state index is 0. The minimum Gasteiger partial charge on any atom is -0.153 e. The average molecular weight is 259 g/mol. The van der Waals surface area contributed by atoms with Gasteiger partial charge in [-0.2, -0.15) is 9.90 Å². The molecule has 1 atom stereocenters. The molecular formula is H3AsPSbSi. The Hall–Kier alpha value is 2.02. The molecule has 0 saturated heterocycles. The van der Waals surface area contributed by atoms with Crippen LogP contribution < -0.4 is 0 Å². The monoisotopic (exact) mass is 258 g/mol. The summed E-state index contributed by atoms with van der Waals surface area (Å²) in [5, 5.41) is 0. The molecule has 22 valence electrons. The summed E-state index contributed by atoms with van der Waals surface area (Å²) in [5.41, 5.74) is 0. The van der Waals surface area contributed by atoms with Crippen molar-refractivity contribution in [3.05, 3.63) is 0 Å². The van der Waals surface area contributed by atoms with Crippen LogP contribution in [0.1, 0.15) is 0 Å². The predicted octanol–water partition coefficient (Wildman–Crippen LogP) is -1.08. The maximum atomic E-state index is 0. The van der Waals surface area contributed by atoms with Gasteiger partial charge in [-0.1, -0.05) is 0 Å². The van der Waals surface area contributed by atoms with Gasteiger partial charge in [0.05, 0.1) is 0 Å². The Morgan fingerprint density at radius 3 is 1.00 bits per heavy atom. The van der Waals surface area contributed by atoms with Gasteiger partial charge in [0.2, 0.25) is 0 Å². The number of hydrogen-bond acceptors (Lipinski definition) is 0. The number of rotatable bonds is 0. The first-order valence-electron chi connectivity index (χ1n) is 0. The van der Waals surface area contributed by atoms with Crippen LogP contribution in [0.2, 0.25) is 0 Å². The molecule has 0 rings (SSSR count). The fraction of sp³-hybridized carbons (Fsp3) is 0. The molecule has 0 aromatic rings. The molecule has 0 aliphatic carbocycles. The second kappa shape index (κ2) is 19.9. The summed E-state index contributed by atoms with van der Waals surface area (Å²) in [4.78, 5) is 0. The van der Waals surface area contributed by atoms with Crippen LogP contribution in [-0.2, 0) is 0 Å². The Kier molecular flexibility index (Phi) is 184. The van der Waals surface area contributed by atoms with Crippen LogP contribution in [-0.4, -0.2) is 53.3 Å². The second-order valence-corrected chi connectivity index (χ2v) is 0. The first-order valence-corrected chi connectivity index (χ1v) is 0. The molecule has 0 aliphatic rings. The Bertz CT molecular complexity index is 8.00. The van der Waals surface area contributed by atoms with Crippen molar-refractivity contribution in [2.45, 2.75) is 0 Å². The summed E-state index contributed by atoms with van der Waals surface area (Å²) in [7, 11) is 0. The number of hydrogen-bond donors (Lipinski definition) is 0. The zero-order chi connectivity index (χ0) is 0. The van der Waals surface area contributed by atoms with Gasteiger partial charge < -0.3 is 0 Å². The predicted molar refractivity (Wildman–Crippen MR) is 28.4 cm³/mol. The van der Waals surface area contributed by atoms with E-state index in [0.29, 0.717) is 0 Å². The normalized spacial score (nSPS) is 0. The molecule has 0 amide bonds. The molecule has 0 nitrogen and oxygen atoms in total. The molecule has 0 N–H and O–H groups in total. The third-order valence-corrected chi connectivity index (χ3v) is 0. The van der Waals surface area contributed by atoms with Crippen LogP contribution in [0.5, 0.6) is 0 Å². The third-order valence-electron chi connectivity index (χ3n) is 0. The van der Waals surface area contributed by atoms with Crippen molar-refractivity contribution in [2.24, 2.45) is 0 Å². The van der Waals surface area contributed by atoms with Crippen molar-refractivity contribution in [1.29, 1.82) is 0 Å². The summed E-state index contributed by atoms with van der Waals surface area (Å²) in [5.74, 6) is 0. The molecule has 0 saturated carbocycles. The van der Waals surface area contributed by atoms with E-state index in [1.165, 1.54) is 0 Å². The summed E-state index contributed by atoms with van der Waals surface area (Å²) < 4.78 is 0. The van der Waals surface area contributed by atoms with E-state index in [2.05, 4.69) is 0 Å². The Morgan fingerprint density at radius 2 is 1.00 bits per heavy atom. The average Bonchev–Trinajstić information content (AvgIpc) is 0. The van der Waals surface area contributed by atoms with Crippen LogP contribution in [0.4, 0.5) is 0 Å². The largest absolute Gasteiger partial charge is 0.153 e. The van der Waals surface area contributed by atoms with E-state index in [1.807, 2.05) is 0 Å². The fourth-order valence-corrected chi connectivity index (χ4v) is 0. The summed E-state index contributed by atoms with van der Waals surface area (Å²) in [6.07, 6.45) is 0. The Labute approximate surface area is 62.9 Å². The van der Waals surface area contributed by atoms with Gasteiger partial charge >= 0.3 is 0 Å². The molecule has 0 spiro atoms. The second-order valence-electron chi connectivity index (χ2n) is 0. The van der Waals surface area contributed by atoms with E-state index in [0.717, 1.165) is 0 Å². The smallest absolute Gasteiger partial charge is 0 e. The third kappa shape index (κ3) is 8.98. The zero-order valence-electron chi connectivity index (χ0n) is 2.10. The van der Waals surface area contributed by atoms with Crippen molar-refractivity contribution in [3.8, 4) is 0 Å². The minimum absolute atomic E-state index is 0. The van der Waals surface area contributed by atoms with Gasteiger partial charge in [0.25, 0.3) is 0 Å². The van der Waals surface area contributed by atoms with Crippen LogP contribution in [0.3, 0.4) is 0 Å². The van der Waals surface area contributed by atoms with E-state index >= 15 is 0 Å². The van der Waals surface area contributed by atoms with Crippen molar-refractivity contribution in [3.63, 3.8) is 0 Å². The van der Waals surface area contributed by atoms with Gasteiger partial charge in [0.1, 0.15) is 0 Å². The fourth-order valence-electron chi connectivity index (χ4n) is 0. The van der Waals surface area contributed by atoms with Crippen molar-refractivity contribution in [1.82, 2.24) is 0 Å². The molecule has 0 aromatic heterocycles. The Balaban J connectivity index is 0. The maximum Gasteiger partial charge on any atom is 0 e. The molecule has 0 bridgehead atoms. The zero-order valence-corrected chi connectivity index (χ0v) is 8.95. The van der Waals surface area contributed by atoms with Gasteiger partial charge in [0.15, 0.2) is 0 Å². The molecule has 0 aliphatic heterocycles. The van der Waals surface area contributed by atoms with Crippen molar-refractivity contribution in [2.75, 3.05) is 0 Å². The first kappa shape index (κ1) is 37.1. The SMILES string of the molecule is P.[As].[Sb].[Si]. The van der Waals surface area contributed by atoms with E-state index in [1.54, 1.807) is 0 Å². The van der Waals surface area contributed by atoms with Crippen LogP contribution in [0, 0.1) is 0 Å². The quantitative estimate of drug-likeness (QED) is 0.383. The van der Waals surface area contributed by atoms with Gasteiger partial charge in [-0.25, -0.2) is 0 Å². The molecule has 0 heterocycles. The summed E-state index contributed by atoms with van der Waals surface area (Å²) >= 11 is 0. The molecule has 4 heteroatoms. The van der Waals surface area contributed by atoms with Crippen LogP contribution in [0.15, 0.2) is 0 Å². The van der Waals surface area contributed by atoms with Gasteiger partial charge in [0, 0.05) is 53.3 Å². The van der Waals surface area contributed by atoms with Crippen LogP contribution in [0.25, 0.3) is 0 Å². The van der Waals surface area contributed by atoms with E-state index in [9.17, 15) is 0 Å². The van der Waals surface area contributed by atoms with E-state index < -0.39 is 0 Å². The van der Waals surface area contributed by atoms with Gasteiger partial charge in [-0.05, 0) is 0 Å². The summed E-state index contributed by atoms with van der Waals surface area (Å²) in [6, 6.07) is 0. The maximum absolute atomic E-state index is 0. The molecule has 0 aromatic carbocycles. The van der Waals surface area contributed by atoms with Crippen molar-refractivity contribution < 1.29 is 0 Å². The Morgan fingerprint density at radius 1 is 1.00 bits per heavy atom. The molecule has 10 radical (unpaired) electrons. The standard InChI is InChI=1S/As.H3P.Sb.Si/h;1H3;;. The molecule has 1 unspecified atom stereocenters. The van der Waals surface area contributed by atoms with E-state index in [4.69, 9.17) is 0 Å². The van der Waals surface area contributed by atoms with Crippen molar-refractivity contribution >= 4 is 63.2 Å². The van der Waals surface area contributed by atoms with Gasteiger partial charge in [-0.3, -0.25) is 0 Å². The molecule has 0 fully saturated rings. The van der Waals surface area contributed by atoms with Gasteiger partial charge in [-0.15, -0.1) is 0 Å². The summed E-state index contributed by atoms with van der Waals surface area (Å²) in [6.45, 7) is 0. The first-order chi connectivity index (χ1) is 0. The van der Waals surface area contributed by atoms with Crippen LogP contribution >= 0.6 is 9.90 Å².